The number of nitrogens with one attached hydrogen (secondary N) is 2. The van der Waals surface area contributed by atoms with Crippen LogP contribution in [0.1, 0.15) is 18.1 Å². The third-order valence-corrected chi connectivity index (χ3v) is 3.38. The first-order chi connectivity index (χ1) is 7.70. The highest BCUT2D eigenvalue weighted by Crippen LogP contribution is 2.28. The number of fused-ring (bicyclic) bond motifs is 1. The third kappa shape index (κ3) is 2.18. The van der Waals surface area contributed by atoms with Crippen LogP contribution >= 0.6 is 0 Å². The highest BCUT2D eigenvalue weighted by atomic mass is 16.2. The van der Waals surface area contributed by atoms with Crippen molar-refractivity contribution in [1.82, 2.24) is 10.6 Å². The Balaban J connectivity index is 1.98. The molecule has 3 nitrogen and oxygen atoms in total. The molecule has 1 aromatic carbocycles. The van der Waals surface area contributed by atoms with E-state index in [1.807, 2.05) is 0 Å². The number of amides is 2. The first-order valence-electron chi connectivity index (χ1n) is 5.75. The maximum absolute atomic E-state index is 11.2. The summed E-state index contributed by atoms with van der Waals surface area (Å²) in [4.78, 5) is 11.2. The quantitative estimate of drug-likeness (QED) is 0.779. The second-order valence-electron chi connectivity index (χ2n) is 4.45. The van der Waals surface area contributed by atoms with Gasteiger partial charge in [-0.15, -0.1) is 0 Å². The van der Waals surface area contributed by atoms with Crippen LogP contribution in [0.15, 0.2) is 24.3 Å². The van der Waals surface area contributed by atoms with Gasteiger partial charge in [0.15, 0.2) is 0 Å². The summed E-state index contributed by atoms with van der Waals surface area (Å²) in [5, 5.41) is 5.55. The molecule has 0 spiro atoms. The van der Waals surface area contributed by atoms with Gasteiger partial charge in [0.05, 0.1) is 0 Å². The molecule has 1 aliphatic rings. The van der Waals surface area contributed by atoms with Crippen molar-refractivity contribution in [3.05, 3.63) is 35.4 Å². The molecule has 3 heteroatoms. The highest BCUT2D eigenvalue weighted by Gasteiger charge is 2.26. The summed E-state index contributed by atoms with van der Waals surface area (Å²) in [6.07, 6.45) is 2.14. The first kappa shape index (κ1) is 11.0. The molecular formula is C13H18N2O. The lowest BCUT2D eigenvalue weighted by Gasteiger charge is -2.20. The normalized spacial score (nSPS) is 16.6. The van der Waals surface area contributed by atoms with Crippen LogP contribution in [0.5, 0.6) is 0 Å². The molecule has 0 saturated carbocycles. The Kier molecular flexibility index (Phi) is 3.13. The van der Waals surface area contributed by atoms with Crippen LogP contribution in [0.3, 0.4) is 0 Å². The summed E-state index contributed by atoms with van der Waals surface area (Å²) in [7, 11) is 1.64. The van der Waals surface area contributed by atoms with E-state index in [0.717, 1.165) is 12.8 Å². The molecule has 1 aliphatic carbocycles. The predicted molar refractivity (Wildman–Crippen MR) is 64.4 cm³/mol. The summed E-state index contributed by atoms with van der Waals surface area (Å²) in [6.45, 7) is 2.08. The van der Waals surface area contributed by atoms with Gasteiger partial charge in [0.1, 0.15) is 0 Å². The summed E-state index contributed by atoms with van der Waals surface area (Å²) in [5.74, 6) is 0.523. The lowest BCUT2D eigenvalue weighted by atomic mass is 9.98. The number of carbonyl (C=O) groups excluding carboxylic acids is 1. The number of benzene rings is 1. The minimum Gasteiger partial charge on any atom is -0.341 e. The molecule has 0 aliphatic heterocycles. The Morgan fingerprint density at radius 3 is 2.38 bits per heavy atom. The van der Waals surface area contributed by atoms with Crippen LogP contribution in [-0.4, -0.2) is 19.1 Å². The fourth-order valence-corrected chi connectivity index (χ4v) is 2.34. The Hall–Kier alpha value is -1.51. The average molecular weight is 218 g/mol. The molecule has 1 unspecified atom stereocenters. The van der Waals surface area contributed by atoms with E-state index in [2.05, 4.69) is 41.8 Å². The zero-order valence-electron chi connectivity index (χ0n) is 9.79. The molecule has 2 N–H and O–H groups in total. The van der Waals surface area contributed by atoms with E-state index in [4.69, 9.17) is 0 Å². The van der Waals surface area contributed by atoms with E-state index in [1.165, 1.54) is 11.1 Å². The van der Waals surface area contributed by atoms with Gasteiger partial charge in [-0.1, -0.05) is 24.3 Å². The molecule has 16 heavy (non-hydrogen) atoms. The molecule has 2 amide bonds. The maximum Gasteiger partial charge on any atom is 0.314 e. The summed E-state index contributed by atoms with van der Waals surface area (Å²) < 4.78 is 0. The van der Waals surface area contributed by atoms with Gasteiger partial charge in [0, 0.05) is 13.1 Å². The van der Waals surface area contributed by atoms with Crippen LogP contribution in [-0.2, 0) is 12.8 Å². The molecule has 0 fully saturated rings. The van der Waals surface area contributed by atoms with Gasteiger partial charge in [0.2, 0.25) is 0 Å². The van der Waals surface area contributed by atoms with Crippen LogP contribution in [0, 0.1) is 5.92 Å². The zero-order valence-corrected chi connectivity index (χ0v) is 9.79. The van der Waals surface area contributed by atoms with Crippen molar-refractivity contribution in [3.63, 3.8) is 0 Å². The predicted octanol–water partition coefficient (Wildman–Crippen LogP) is 1.72. The SMILES string of the molecule is CNC(=O)NC(C)C1Cc2ccccc2C1. The number of hydrogen-bond donors (Lipinski definition) is 2. The smallest absolute Gasteiger partial charge is 0.314 e. The number of rotatable bonds is 2. The lowest BCUT2D eigenvalue weighted by molar-refractivity contribution is 0.235. The van der Waals surface area contributed by atoms with Crippen LogP contribution in [0.4, 0.5) is 4.79 Å². The van der Waals surface area contributed by atoms with Gasteiger partial charge >= 0.3 is 6.03 Å². The van der Waals surface area contributed by atoms with Crippen LogP contribution in [0.2, 0.25) is 0 Å². The molecule has 0 aromatic heterocycles. The topological polar surface area (TPSA) is 41.1 Å². The molecular weight excluding hydrogens is 200 g/mol. The molecule has 2 rings (SSSR count). The largest absolute Gasteiger partial charge is 0.341 e. The monoisotopic (exact) mass is 218 g/mol. The van der Waals surface area contributed by atoms with E-state index < -0.39 is 0 Å². The number of hydrogen-bond acceptors (Lipinski definition) is 1. The molecule has 0 bridgehead atoms. The van der Waals surface area contributed by atoms with E-state index in [1.54, 1.807) is 7.05 Å². The van der Waals surface area contributed by atoms with E-state index in [0.29, 0.717) is 5.92 Å². The fraction of sp³-hybridized carbons (Fsp3) is 0.462. The third-order valence-electron chi connectivity index (χ3n) is 3.38. The van der Waals surface area contributed by atoms with Crippen molar-refractivity contribution in [2.75, 3.05) is 7.05 Å². The van der Waals surface area contributed by atoms with Crippen molar-refractivity contribution in [2.45, 2.75) is 25.8 Å². The van der Waals surface area contributed by atoms with Crippen molar-refractivity contribution in [3.8, 4) is 0 Å². The van der Waals surface area contributed by atoms with Gasteiger partial charge in [-0.3, -0.25) is 0 Å². The van der Waals surface area contributed by atoms with E-state index in [-0.39, 0.29) is 12.1 Å². The Labute approximate surface area is 96.2 Å². The number of urea groups is 1. The maximum atomic E-state index is 11.2. The van der Waals surface area contributed by atoms with E-state index >= 15 is 0 Å². The van der Waals surface area contributed by atoms with Crippen molar-refractivity contribution < 1.29 is 4.79 Å². The zero-order chi connectivity index (χ0) is 11.5. The summed E-state index contributed by atoms with van der Waals surface area (Å²) >= 11 is 0. The summed E-state index contributed by atoms with van der Waals surface area (Å²) in [5.41, 5.74) is 2.86. The molecule has 0 heterocycles. The van der Waals surface area contributed by atoms with Crippen LogP contribution in [0.25, 0.3) is 0 Å². The Morgan fingerprint density at radius 1 is 1.31 bits per heavy atom. The second kappa shape index (κ2) is 4.56. The van der Waals surface area contributed by atoms with Gasteiger partial charge in [-0.05, 0) is 36.8 Å². The summed E-state index contributed by atoms with van der Waals surface area (Å²) in [6, 6.07) is 8.65. The van der Waals surface area contributed by atoms with E-state index in [9.17, 15) is 4.79 Å². The van der Waals surface area contributed by atoms with Gasteiger partial charge < -0.3 is 10.6 Å². The molecule has 86 valence electrons. The first-order valence-corrected chi connectivity index (χ1v) is 5.75. The number of carbonyl (C=O) groups is 1. The van der Waals surface area contributed by atoms with Crippen molar-refractivity contribution in [1.29, 1.82) is 0 Å². The molecule has 0 saturated heterocycles. The van der Waals surface area contributed by atoms with Crippen molar-refractivity contribution in [2.24, 2.45) is 5.92 Å². The minimum absolute atomic E-state index is 0.0940. The van der Waals surface area contributed by atoms with Gasteiger partial charge in [-0.25, -0.2) is 4.79 Å². The Morgan fingerprint density at radius 2 is 1.88 bits per heavy atom. The molecule has 0 radical (unpaired) electrons. The average Bonchev–Trinajstić information content (AvgIpc) is 2.72. The van der Waals surface area contributed by atoms with Gasteiger partial charge in [-0.2, -0.15) is 0 Å². The second-order valence-corrected chi connectivity index (χ2v) is 4.45. The van der Waals surface area contributed by atoms with Crippen molar-refractivity contribution >= 4 is 6.03 Å². The molecule has 1 aromatic rings. The minimum atomic E-state index is -0.0940. The standard InChI is InChI=1S/C13H18N2O/c1-9(15-13(16)14-2)12-7-10-5-3-4-6-11(10)8-12/h3-6,9,12H,7-8H2,1-2H3,(H2,14,15,16). The highest BCUT2D eigenvalue weighted by molar-refractivity contribution is 5.73. The fourth-order valence-electron chi connectivity index (χ4n) is 2.34. The van der Waals surface area contributed by atoms with Gasteiger partial charge in [0.25, 0.3) is 0 Å². The Bertz CT molecular complexity index is 364. The lowest BCUT2D eigenvalue weighted by Crippen LogP contribution is -2.43. The molecule has 1 atom stereocenters. The van der Waals surface area contributed by atoms with Crippen LogP contribution < -0.4 is 10.6 Å².